The molecule has 0 unspecified atom stereocenters. The summed E-state index contributed by atoms with van der Waals surface area (Å²) in [5, 5.41) is 2.70. The van der Waals surface area contributed by atoms with Gasteiger partial charge in [0.25, 0.3) is 5.70 Å². The molecule has 0 aliphatic carbocycles. The summed E-state index contributed by atoms with van der Waals surface area (Å²) in [5.74, 6) is 0. The van der Waals surface area contributed by atoms with Crippen molar-refractivity contribution in [1.29, 1.82) is 0 Å². The second-order valence-corrected chi connectivity index (χ2v) is 3.17. The summed E-state index contributed by atoms with van der Waals surface area (Å²) >= 11 is 5.97. The molecule has 0 fully saturated rings. The molecule has 1 radical (unpaired) electrons. The Hall–Kier alpha value is -1.08. The Labute approximate surface area is 75.7 Å². The molecule has 0 saturated carbocycles. The van der Waals surface area contributed by atoms with Gasteiger partial charge in [-0.2, -0.15) is 0 Å². The SMILES string of the molecule is CC1=CC=c2cccc(Cl)c2=[N+]1. The van der Waals surface area contributed by atoms with Gasteiger partial charge in [-0.05, 0) is 18.2 Å². The van der Waals surface area contributed by atoms with E-state index < -0.39 is 0 Å². The van der Waals surface area contributed by atoms with Crippen LogP contribution >= 0.6 is 11.6 Å². The van der Waals surface area contributed by atoms with Crippen LogP contribution in [0.15, 0.2) is 30.0 Å². The summed E-state index contributed by atoms with van der Waals surface area (Å²) in [7, 11) is 0. The predicted octanol–water partition coefficient (Wildman–Crippen LogP) is 0.993. The highest BCUT2D eigenvalue weighted by Gasteiger charge is 2.09. The molecular weight excluding hydrogens is 170 g/mol. The largest absolute Gasteiger partial charge is 0.303 e. The van der Waals surface area contributed by atoms with Crippen LogP contribution < -0.4 is 15.6 Å². The predicted molar refractivity (Wildman–Crippen MR) is 50.2 cm³/mol. The van der Waals surface area contributed by atoms with Crippen LogP contribution in [0.3, 0.4) is 0 Å². The standard InChI is InChI=1S/C10H8ClN/c1-7-5-6-8-3-2-4-9(11)10(8)12-7/h2-6H,1H3/q+1. The first-order chi connectivity index (χ1) is 5.77. The van der Waals surface area contributed by atoms with Crippen molar-refractivity contribution in [3.8, 4) is 0 Å². The summed E-state index contributed by atoms with van der Waals surface area (Å²) in [6, 6.07) is 5.80. The number of nitrogens with zero attached hydrogens (tertiary/aromatic N) is 1. The van der Waals surface area contributed by atoms with Gasteiger partial charge in [-0.25, -0.2) is 0 Å². The molecule has 1 aromatic rings. The number of hydrogen-bond donors (Lipinski definition) is 0. The lowest BCUT2D eigenvalue weighted by molar-refractivity contribution is 1.06. The third-order valence-electron chi connectivity index (χ3n) is 1.81. The molecule has 59 valence electrons. The monoisotopic (exact) mass is 177 g/mol. The lowest BCUT2D eigenvalue weighted by Crippen LogP contribution is -2.32. The maximum atomic E-state index is 5.97. The van der Waals surface area contributed by atoms with E-state index >= 15 is 0 Å². The quantitative estimate of drug-likeness (QED) is 0.561. The smallest absolute Gasteiger partial charge is 0.0767 e. The maximum absolute atomic E-state index is 5.97. The van der Waals surface area contributed by atoms with Gasteiger partial charge < -0.3 is 0 Å². The van der Waals surface area contributed by atoms with E-state index in [0.717, 1.165) is 21.3 Å². The van der Waals surface area contributed by atoms with E-state index in [1.807, 2.05) is 37.3 Å². The highest BCUT2D eigenvalue weighted by molar-refractivity contribution is 6.30. The van der Waals surface area contributed by atoms with Crippen molar-refractivity contribution in [2.24, 2.45) is 0 Å². The zero-order valence-electron chi connectivity index (χ0n) is 6.71. The Morgan fingerprint density at radius 1 is 1.25 bits per heavy atom. The first kappa shape index (κ1) is 7.56. The van der Waals surface area contributed by atoms with Gasteiger partial charge in [0, 0.05) is 13.0 Å². The number of para-hydroxylation sites is 1. The second-order valence-electron chi connectivity index (χ2n) is 2.76. The molecular formula is C10H8ClN+. The first-order valence-corrected chi connectivity index (χ1v) is 4.17. The minimum absolute atomic E-state index is 0.719. The molecule has 1 nitrogen and oxygen atoms in total. The van der Waals surface area contributed by atoms with Gasteiger partial charge in [-0.1, -0.05) is 17.7 Å². The Morgan fingerprint density at radius 3 is 2.92 bits per heavy atom. The van der Waals surface area contributed by atoms with Crippen LogP contribution in [0, 0.1) is 0 Å². The van der Waals surface area contributed by atoms with E-state index in [0.29, 0.717) is 0 Å². The molecule has 2 heteroatoms. The van der Waals surface area contributed by atoms with Crippen molar-refractivity contribution < 1.29 is 0 Å². The van der Waals surface area contributed by atoms with Gasteiger partial charge >= 0.3 is 5.36 Å². The Bertz CT molecular complexity index is 457. The van der Waals surface area contributed by atoms with E-state index in [-0.39, 0.29) is 0 Å². The molecule has 1 aliphatic heterocycles. The molecule has 1 heterocycles. The fraction of sp³-hybridized carbons (Fsp3) is 0.100. The minimum atomic E-state index is 0.719. The molecule has 12 heavy (non-hydrogen) atoms. The van der Waals surface area contributed by atoms with Crippen molar-refractivity contribution in [1.82, 2.24) is 4.99 Å². The van der Waals surface area contributed by atoms with Crippen LogP contribution in [0.25, 0.3) is 6.08 Å². The van der Waals surface area contributed by atoms with Gasteiger partial charge in [0.1, 0.15) is 5.02 Å². The fourth-order valence-corrected chi connectivity index (χ4v) is 1.43. The fourth-order valence-electron chi connectivity index (χ4n) is 1.21. The summed E-state index contributed by atoms with van der Waals surface area (Å²) in [5.41, 5.74) is 0.996. The normalized spacial score (nSPS) is 14.0. The average Bonchev–Trinajstić information content (AvgIpc) is 2.07. The molecule has 0 atom stereocenters. The van der Waals surface area contributed by atoms with Crippen molar-refractivity contribution in [2.45, 2.75) is 6.92 Å². The lowest BCUT2D eigenvalue weighted by atomic mass is 10.2. The van der Waals surface area contributed by atoms with E-state index in [9.17, 15) is 0 Å². The third kappa shape index (κ3) is 1.16. The Kier molecular flexibility index (Phi) is 1.74. The third-order valence-corrected chi connectivity index (χ3v) is 2.12. The van der Waals surface area contributed by atoms with E-state index in [2.05, 4.69) is 4.99 Å². The Balaban J connectivity index is 2.88. The molecule has 1 aliphatic rings. The van der Waals surface area contributed by atoms with Crippen LogP contribution in [0.5, 0.6) is 0 Å². The van der Waals surface area contributed by atoms with Crippen LogP contribution in [0.2, 0.25) is 5.02 Å². The maximum Gasteiger partial charge on any atom is 0.303 e. The lowest BCUT2D eigenvalue weighted by Gasteiger charge is -1.88. The van der Waals surface area contributed by atoms with E-state index in [1.165, 1.54) is 0 Å². The van der Waals surface area contributed by atoms with E-state index in [1.54, 1.807) is 0 Å². The number of benzene rings is 1. The molecule has 0 aromatic heterocycles. The number of hydrogen-bond acceptors (Lipinski definition) is 1. The molecule has 0 spiro atoms. The molecule has 0 bridgehead atoms. The summed E-state index contributed by atoms with van der Waals surface area (Å²) in [4.78, 5) is 4.34. The van der Waals surface area contributed by atoms with Gasteiger partial charge in [0.05, 0.1) is 10.2 Å². The molecule has 0 N–H and O–H groups in total. The first-order valence-electron chi connectivity index (χ1n) is 3.79. The minimum Gasteiger partial charge on any atom is -0.0767 e. The van der Waals surface area contributed by atoms with Gasteiger partial charge in [-0.3, -0.25) is 0 Å². The van der Waals surface area contributed by atoms with Crippen molar-refractivity contribution in [3.05, 3.63) is 45.6 Å². The summed E-state index contributed by atoms with van der Waals surface area (Å²) < 4.78 is 0. The second kappa shape index (κ2) is 2.76. The van der Waals surface area contributed by atoms with E-state index in [4.69, 9.17) is 11.6 Å². The van der Waals surface area contributed by atoms with Crippen molar-refractivity contribution >= 4 is 17.7 Å². The van der Waals surface area contributed by atoms with Crippen LogP contribution in [-0.2, 0) is 0 Å². The van der Waals surface area contributed by atoms with Crippen LogP contribution in [0.4, 0.5) is 0 Å². The van der Waals surface area contributed by atoms with Gasteiger partial charge in [0.15, 0.2) is 0 Å². The van der Waals surface area contributed by atoms with Crippen molar-refractivity contribution in [2.75, 3.05) is 0 Å². The van der Waals surface area contributed by atoms with Crippen LogP contribution in [-0.4, -0.2) is 0 Å². The number of allylic oxidation sites excluding steroid dienone is 2. The highest BCUT2D eigenvalue weighted by Crippen LogP contribution is 1.97. The number of halogens is 1. The zero-order valence-corrected chi connectivity index (χ0v) is 7.47. The highest BCUT2D eigenvalue weighted by atomic mass is 35.5. The molecule has 2 rings (SSSR count). The number of fused-ring (bicyclic) bond motifs is 1. The van der Waals surface area contributed by atoms with Crippen molar-refractivity contribution in [3.63, 3.8) is 0 Å². The summed E-state index contributed by atoms with van der Waals surface area (Å²) in [6.45, 7) is 1.96. The number of rotatable bonds is 0. The Morgan fingerprint density at radius 2 is 2.08 bits per heavy atom. The zero-order chi connectivity index (χ0) is 8.55. The molecule has 0 saturated heterocycles. The topological polar surface area (TPSA) is 14.1 Å². The van der Waals surface area contributed by atoms with Gasteiger partial charge in [0.2, 0.25) is 0 Å². The molecule has 0 amide bonds. The molecule has 1 aromatic carbocycles. The summed E-state index contributed by atoms with van der Waals surface area (Å²) in [6.07, 6.45) is 4.02. The average molecular weight is 178 g/mol. The van der Waals surface area contributed by atoms with Crippen LogP contribution in [0.1, 0.15) is 6.92 Å². The van der Waals surface area contributed by atoms with Gasteiger partial charge in [-0.15, -0.1) is 0 Å².